The second kappa shape index (κ2) is 10.9. The van der Waals surface area contributed by atoms with Crippen LogP contribution >= 0.6 is 11.3 Å². The Hall–Kier alpha value is -3.03. The molecule has 0 unspecified atom stereocenters. The lowest BCUT2D eigenvalue weighted by Crippen LogP contribution is -2.51. The number of piperazine rings is 1. The molecule has 1 aromatic heterocycles. The first-order valence-corrected chi connectivity index (χ1v) is 13.6. The SMILES string of the molecule is CCc1ccc(C(=O)N2CCN(C(=O)CCN3CCc4sccc4[C@@H]3c3cccc(F)c3)CC2)cc1. The topological polar surface area (TPSA) is 43.9 Å². The van der Waals surface area contributed by atoms with Gasteiger partial charge in [0.15, 0.2) is 0 Å². The first-order valence-electron chi connectivity index (χ1n) is 12.7. The molecule has 36 heavy (non-hydrogen) atoms. The lowest BCUT2D eigenvalue weighted by molar-refractivity contribution is -0.133. The second-order valence-electron chi connectivity index (χ2n) is 9.52. The largest absolute Gasteiger partial charge is 0.339 e. The van der Waals surface area contributed by atoms with Gasteiger partial charge in [0.05, 0.1) is 6.04 Å². The molecular formula is C29H32FN3O2S. The molecule has 2 aromatic carbocycles. The number of carbonyl (C=O) groups is 2. The molecule has 2 amide bonds. The second-order valence-corrected chi connectivity index (χ2v) is 10.5. The van der Waals surface area contributed by atoms with E-state index < -0.39 is 0 Å². The Morgan fingerprint density at radius 3 is 2.44 bits per heavy atom. The van der Waals surface area contributed by atoms with Gasteiger partial charge < -0.3 is 9.80 Å². The van der Waals surface area contributed by atoms with Crippen molar-refractivity contribution >= 4 is 23.2 Å². The van der Waals surface area contributed by atoms with Crippen molar-refractivity contribution in [2.24, 2.45) is 0 Å². The van der Waals surface area contributed by atoms with E-state index in [1.165, 1.54) is 22.1 Å². The van der Waals surface area contributed by atoms with Crippen molar-refractivity contribution in [1.29, 1.82) is 0 Å². The molecule has 5 rings (SSSR count). The van der Waals surface area contributed by atoms with Gasteiger partial charge in [-0.25, -0.2) is 4.39 Å². The first kappa shape index (κ1) is 24.7. The Bertz CT molecular complexity index is 1220. The number of carbonyl (C=O) groups excluding carboxylic acids is 2. The number of hydrogen-bond donors (Lipinski definition) is 0. The van der Waals surface area contributed by atoms with Gasteiger partial charge in [0.2, 0.25) is 5.91 Å². The number of rotatable bonds is 6. The number of amides is 2. The summed E-state index contributed by atoms with van der Waals surface area (Å²) in [7, 11) is 0. The van der Waals surface area contributed by atoms with Crippen molar-refractivity contribution in [3.05, 3.63) is 92.9 Å². The van der Waals surface area contributed by atoms with E-state index in [1.54, 1.807) is 23.5 Å². The number of fused-ring (bicyclic) bond motifs is 1. The van der Waals surface area contributed by atoms with Crippen LogP contribution in [-0.4, -0.2) is 65.8 Å². The smallest absolute Gasteiger partial charge is 0.253 e. The van der Waals surface area contributed by atoms with Gasteiger partial charge in [0, 0.05) is 56.1 Å². The molecule has 3 aromatic rings. The molecule has 1 fully saturated rings. The molecule has 5 nitrogen and oxygen atoms in total. The lowest BCUT2D eigenvalue weighted by atomic mass is 9.93. The maximum atomic E-state index is 14.0. The van der Waals surface area contributed by atoms with Crippen LogP contribution < -0.4 is 0 Å². The van der Waals surface area contributed by atoms with E-state index in [2.05, 4.69) is 23.3 Å². The molecule has 0 aliphatic carbocycles. The average Bonchev–Trinajstić information content (AvgIpc) is 3.40. The maximum absolute atomic E-state index is 14.0. The van der Waals surface area contributed by atoms with Crippen LogP contribution in [0, 0.1) is 5.82 Å². The first-order chi connectivity index (χ1) is 17.5. The van der Waals surface area contributed by atoms with Crippen LogP contribution in [-0.2, 0) is 17.6 Å². The Labute approximate surface area is 216 Å². The van der Waals surface area contributed by atoms with Crippen LogP contribution in [0.3, 0.4) is 0 Å². The molecule has 2 aliphatic rings. The van der Waals surface area contributed by atoms with E-state index in [0.29, 0.717) is 44.7 Å². The Kier molecular flexibility index (Phi) is 7.48. The molecule has 0 spiro atoms. The van der Waals surface area contributed by atoms with Crippen LogP contribution in [0.2, 0.25) is 0 Å². The fourth-order valence-electron chi connectivity index (χ4n) is 5.30. The summed E-state index contributed by atoms with van der Waals surface area (Å²) in [6.45, 7) is 5.78. The fourth-order valence-corrected chi connectivity index (χ4v) is 6.20. The van der Waals surface area contributed by atoms with Crippen LogP contribution in [0.25, 0.3) is 0 Å². The van der Waals surface area contributed by atoms with Crippen LogP contribution in [0.5, 0.6) is 0 Å². The zero-order chi connectivity index (χ0) is 25.1. The van der Waals surface area contributed by atoms with Crippen molar-refractivity contribution in [2.75, 3.05) is 39.3 Å². The molecule has 0 radical (unpaired) electrons. The number of hydrogen-bond acceptors (Lipinski definition) is 4. The quantitative estimate of drug-likeness (QED) is 0.485. The molecule has 3 heterocycles. The van der Waals surface area contributed by atoms with Crippen molar-refractivity contribution in [3.63, 3.8) is 0 Å². The van der Waals surface area contributed by atoms with Crippen LogP contribution in [0.1, 0.15) is 51.3 Å². The van der Waals surface area contributed by atoms with Gasteiger partial charge in [-0.2, -0.15) is 0 Å². The molecule has 0 saturated carbocycles. The normalized spacial score (nSPS) is 18.2. The molecule has 2 aliphatic heterocycles. The van der Waals surface area contributed by atoms with Crippen LogP contribution in [0.15, 0.2) is 60.0 Å². The van der Waals surface area contributed by atoms with E-state index in [4.69, 9.17) is 0 Å². The monoisotopic (exact) mass is 505 g/mol. The minimum atomic E-state index is -0.236. The van der Waals surface area contributed by atoms with Crippen molar-refractivity contribution in [3.8, 4) is 0 Å². The van der Waals surface area contributed by atoms with E-state index in [9.17, 15) is 14.0 Å². The van der Waals surface area contributed by atoms with Gasteiger partial charge in [-0.3, -0.25) is 14.5 Å². The van der Waals surface area contributed by atoms with E-state index in [1.807, 2.05) is 40.1 Å². The van der Waals surface area contributed by atoms with Crippen LogP contribution in [0.4, 0.5) is 4.39 Å². The number of thiophene rings is 1. The third kappa shape index (κ3) is 5.22. The summed E-state index contributed by atoms with van der Waals surface area (Å²) in [5.74, 6) is -0.0920. The minimum Gasteiger partial charge on any atom is -0.339 e. The predicted octanol–water partition coefficient (Wildman–Crippen LogP) is 4.77. The molecule has 7 heteroatoms. The van der Waals surface area contributed by atoms with Gasteiger partial charge in [-0.05, 0) is 65.2 Å². The number of aryl methyl sites for hydroxylation is 1. The van der Waals surface area contributed by atoms with Gasteiger partial charge in [0.1, 0.15) is 5.82 Å². The molecule has 0 bridgehead atoms. The van der Waals surface area contributed by atoms with Gasteiger partial charge in [-0.15, -0.1) is 11.3 Å². The highest BCUT2D eigenvalue weighted by Crippen LogP contribution is 2.38. The summed E-state index contributed by atoms with van der Waals surface area (Å²) in [6.07, 6.45) is 2.31. The van der Waals surface area contributed by atoms with Gasteiger partial charge in [-0.1, -0.05) is 31.2 Å². The molecule has 1 saturated heterocycles. The highest BCUT2D eigenvalue weighted by Gasteiger charge is 2.31. The Morgan fingerprint density at radius 2 is 1.72 bits per heavy atom. The standard InChI is InChI=1S/C29H32FN3O2S/c1-2-21-6-8-22(9-7-21)29(35)33-17-15-31(16-18-33)27(34)11-14-32-13-10-26-25(12-19-36-26)28(32)23-4-3-5-24(30)20-23/h3-9,12,19-20,28H,2,10-11,13-18H2,1H3/t28-/m0/s1. The molecule has 188 valence electrons. The van der Waals surface area contributed by atoms with Crippen molar-refractivity contribution in [2.45, 2.75) is 32.2 Å². The van der Waals surface area contributed by atoms with Gasteiger partial charge in [0.25, 0.3) is 5.91 Å². The van der Waals surface area contributed by atoms with E-state index >= 15 is 0 Å². The summed E-state index contributed by atoms with van der Waals surface area (Å²) in [5, 5.41) is 2.10. The Morgan fingerprint density at radius 1 is 0.972 bits per heavy atom. The average molecular weight is 506 g/mol. The third-order valence-electron chi connectivity index (χ3n) is 7.37. The summed E-state index contributed by atoms with van der Waals surface area (Å²) in [6, 6.07) is 16.7. The summed E-state index contributed by atoms with van der Waals surface area (Å²) in [5.41, 5.74) is 4.07. The maximum Gasteiger partial charge on any atom is 0.253 e. The summed E-state index contributed by atoms with van der Waals surface area (Å²) >= 11 is 1.75. The zero-order valence-corrected chi connectivity index (χ0v) is 21.5. The number of nitrogens with zero attached hydrogens (tertiary/aromatic N) is 3. The molecule has 1 atom stereocenters. The van der Waals surface area contributed by atoms with Crippen molar-refractivity contribution < 1.29 is 14.0 Å². The van der Waals surface area contributed by atoms with E-state index in [-0.39, 0.29) is 23.7 Å². The molecule has 0 N–H and O–H groups in total. The summed E-state index contributed by atoms with van der Waals surface area (Å²) < 4.78 is 14.0. The Balaban J connectivity index is 1.18. The number of benzene rings is 2. The third-order valence-corrected chi connectivity index (χ3v) is 8.37. The predicted molar refractivity (Wildman–Crippen MR) is 141 cm³/mol. The lowest BCUT2D eigenvalue weighted by Gasteiger charge is -2.38. The van der Waals surface area contributed by atoms with Gasteiger partial charge >= 0.3 is 0 Å². The summed E-state index contributed by atoms with van der Waals surface area (Å²) in [4.78, 5) is 33.3. The minimum absolute atomic E-state index is 0.0302. The fraction of sp³-hybridized carbons (Fsp3) is 0.379. The highest BCUT2D eigenvalue weighted by molar-refractivity contribution is 7.10. The van der Waals surface area contributed by atoms with E-state index in [0.717, 1.165) is 24.9 Å². The zero-order valence-electron chi connectivity index (χ0n) is 20.7. The molecular weight excluding hydrogens is 473 g/mol. The highest BCUT2D eigenvalue weighted by atomic mass is 32.1. The van der Waals surface area contributed by atoms with Crippen molar-refractivity contribution in [1.82, 2.24) is 14.7 Å². The number of halogens is 1.